The number of halogens is 1. The normalized spacial score (nSPS) is 15.8. The zero-order valence-electron chi connectivity index (χ0n) is 2.46. The Morgan fingerprint density at radius 1 is 2.00 bits per heavy atom. The molecule has 0 aromatic heterocycles. The predicted octanol–water partition coefficient (Wildman–Crippen LogP) is 0.470. The van der Waals surface area contributed by atoms with Crippen LogP contribution in [-0.4, -0.2) is 16.0 Å². The highest BCUT2D eigenvalue weighted by molar-refractivity contribution is 6.10. The molecule has 23 valence electrons. The van der Waals surface area contributed by atoms with Gasteiger partial charge in [-0.2, -0.15) is 0 Å². The van der Waals surface area contributed by atoms with Crippen LogP contribution in [0.5, 0.6) is 0 Å². The van der Waals surface area contributed by atoms with Gasteiger partial charge in [-0.05, 0) is 6.92 Å². The van der Waals surface area contributed by atoms with E-state index in [1.165, 1.54) is 6.92 Å². The average Bonchev–Trinajstić information content (AvgIpc) is 0.811. The molecular formula is C2H4FSi. The molecule has 0 saturated heterocycles. The Morgan fingerprint density at radius 2 is 2.00 bits per heavy atom. The summed E-state index contributed by atoms with van der Waals surface area (Å²) in [7, 11) is 2.65. The molecule has 0 aliphatic rings. The predicted molar refractivity (Wildman–Crippen MR) is 16.3 cm³/mol. The molecule has 0 heterocycles. The first kappa shape index (κ1) is 4.15. The highest BCUT2D eigenvalue weighted by Crippen LogP contribution is 1.70. The smallest absolute Gasteiger partial charge is 0.0796 e. The van der Waals surface area contributed by atoms with Crippen LogP contribution in [0.25, 0.3) is 0 Å². The molecule has 0 amide bonds. The molecule has 0 rings (SSSR count). The Hall–Kier alpha value is 0.147. The van der Waals surface area contributed by atoms with Crippen molar-refractivity contribution in [2.45, 2.75) is 12.7 Å². The first-order valence-electron chi connectivity index (χ1n) is 1.08. The summed E-state index contributed by atoms with van der Waals surface area (Å²) in [6, 6.07) is 0. The summed E-state index contributed by atoms with van der Waals surface area (Å²) in [5.41, 5.74) is 0. The van der Waals surface area contributed by atoms with Gasteiger partial charge in [0.2, 0.25) is 0 Å². The average molecular weight is 75.1 g/mol. The Balaban J connectivity index is 2.32. The molecule has 0 aromatic rings. The second-order valence-electron chi connectivity index (χ2n) is 0.616. The fraction of sp³-hybridized carbons (Fsp3) is 1.00. The van der Waals surface area contributed by atoms with Gasteiger partial charge in [0.05, 0.1) is 16.0 Å². The van der Waals surface area contributed by atoms with E-state index in [1.54, 1.807) is 0 Å². The van der Waals surface area contributed by atoms with Crippen molar-refractivity contribution in [2.24, 2.45) is 0 Å². The molecule has 0 N–H and O–H groups in total. The molecule has 0 bridgehead atoms. The quantitative estimate of drug-likeness (QED) is 0.367. The molecule has 0 aromatic carbocycles. The van der Waals surface area contributed by atoms with E-state index in [0.29, 0.717) is 0 Å². The second kappa shape index (κ2) is 1.46. The summed E-state index contributed by atoms with van der Waals surface area (Å²) in [5.74, 6) is -0.861. The van der Waals surface area contributed by atoms with E-state index in [0.717, 1.165) is 0 Å². The van der Waals surface area contributed by atoms with Crippen molar-refractivity contribution in [3.63, 3.8) is 0 Å². The lowest BCUT2D eigenvalue weighted by Crippen LogP contribution is -1.84. The molecule has 3 radical (unpaired) electrons. The van der Waals surface area contributed by atoms with Crippen molar-refractivity contribution in [3.8, 4) is 0 Å². The summed E-state index contributed by atoms with van der Waals surface area (Å²) in [6.07, 6.45) is 0. The highest BCUT2D eigenvalue weighted by Gasteiger charge is 1.74. The van der Waals surface area contributed by atoms with Gasteiger partial charge < -0.3 is 0 Å². The van der Waals surface area contributed by atoms with Gasteiger partial charge in [-0.15, -0.1) is 0 Å². The summed E-state index contributed by atoms with van der Waals surface area (Å²) < 4.78 is 10.9. The van der Waals surface area contributed by atoms with E-state index in [-0.39, 0.29) is 0 Å². The number of alkyl halides is 1. The number of hydrogen-bond acceptors (Lipinski definition) is 0. The van der Waals surface area contributed by atoms with Crippen LogP contribution in [0.2, 0.25) is 0 Å². The van der Waals surface area contributed by atoms with Crippen LogP contribution in [-0.2, 0) is 0 Å². The molecule has 4 heavy (non-hydrogen) atoms. The van der Waals surface area contributed by atoms with Gasteiger partial charge in [-0.25, -0.2) is 0 Å². The van der Waals surface area contributed by atoms with E-state index in [2.05, 4.69) is 10.2 Å². The Labute approximate surface area is 28.4 Å². The monoisotopic (exact) mass is 75.0 g/mol. The SMILES string of the molecule is CC(F)[Si]. The minimum Gasteiger partial charge on any atom is -0.253 e. The lowest BCUT2D eigenvalue weighted by Gasteiger charge is -1.74. The van der Waals surface area contributed by atoms with Gasteiger partial charge in [0.25, 0.3) is 0 Å². The molecule has 0 spiro atoms. The number of hydrogen-bond donors (Lipinski definition) is 0. The van der Waals surface area contributed by atoms with Gasteiger partial charge in [0.15, 0.2) is 0 Å². The Morgan fingerprint density at radius 3 is 2.00 bits per heavy atom. The molecule has 0 saturated carbocycles. The lowest BCUT2D eigenvalue weighted by atomic mass is 10.9. The van der Waals surface area contributed by atoms with Crippen molar-refractivity contribution in [2.75, 3.05) is 0 Å². The van der Waals surface area contributed by atoms with Crippen LogP contribution in [0, 0.1) is 0 Å². The topological polar surface area (TPSA) is 0 Å². The van der Waals surface area contributed by atoms with Gasteiger partial charge in [0, 0.05) is 0 Å². The van der Waals surface area contributed by atoms with Crippen molar-refractivity contribution in [1.82, 2.24) is 0 Å². The van der Waals surface area contributed by atoms with E-state index in [9.17, 15) is 4.39 Å². The molecule has 1 atom stereocenters. The van der Waals surface area contributed by atoms with Crippen molar-refractivity contribution >= 4 is 10.2 Å². The fourth-order valence-corrected chi connectivity index (χ4v) is 0. The number of rotatable bonds is 0. The van der Waals surface area contributed by atoms with Gasteiger partial charge in [0.1, 0.15) is 0 Å². The molecule has 1 unspecified atom stereocenters. The summed E-state index contributed by atoms with van der Waals surface area (Å²) >= 11 is 0. The fourth-order valence-electron chi connectivity index (χ4n) is 0. The second-order valence-corrected chi connectivity index (χ2v) is 1.41. The Kier molecular flexibility index (Phi) is 1.52. The van der Waals surface area contributed by atoms with Crippen molar-refractivity contribution in [3.05, 3.63) is 0 Å². The zero-order chi connectivity index (χ0) is 3.58. The van der Waals surface area contributed by atoms with Crippen LogP contribution in [0.4, 0.5) is 4.39 Å². The van der Waals surface area contributed by atoms with Crippen LogP contribution in [0.3, 0.4) is 0 Å². The van der Waals surface area contributed by atoms with Crippen LogP contribution in [0.1, 0.15) is 6.92 Å². The standard InChI is InChI=1S/C2H4FSi/c1-2(3)4/h2H,1H3. The lowest BCUT2D eigenvalue weighted by molar-refractivity contribution is 0.474. The molecule has 0 aliphatic carbocycles. The minimum atomic E-state index is -0.861. The third-order valence-electron chi connectivity index (χ3n) is 0. The van der Waals surface area contributed by atoms with E-state index < -0.39 is 5.79 Å². The van der Waals surface area contributed by atoms with Crippen LogP contribution >= 0.6 is 0 Å². The summed E-state index contributed by atoms with van der Waals surface area (Å²) in [5, 5.41) is 0. The van der Waals surface area contributed by atoms with Gasteiger partial charge >= 0.3 is 0 Å². The zero-order valence-corrected chi connectivity index (χ0v) is 3.46. The van der Waals surface area contributed by atoms with Gasteiger partial charge in [-0.3, -0.25) is 4.39 Å². The molecule has 0 fully saturated rings. The van der Waals surface area contributed by atoms with E-state index in [4.69, 9.17) is 0 Å². The maximum atomic E-state index is 10.9. The molecule has 2 heteroatoms. The van der Waals surface area contributed by atoms with Crippen molar-refractivity contribution < 1.29 is 4.39 Å². The van der Waals surface area contributed by atoms with E-state index in [1.807, 2.05) is 0 Å². The Bertz CT molecular complexity index is 10.8. The van der Waals surface area contributed by atoms with Crippen LogP contribution < -0.4 is 0 Å². The first-order chi connectivity index (χ1) is 1.73. The third-order valence-corrected chi connectivity index (χ3v) is 0. The summed E-state index contributed by atoms with van der Waals surface area (Å²) in [6.45, 7) is 1.41. The first-order valence-corrected chi connectivity index (χ1v) is 1.66. The minimum absolute atomic E-state index is 0.861. The molecular weight excluding hydrogens is 71.1 g/mol. The van der Waals surface area contributed by atoms with Crippen LogP contribution in [0.15, 0.2) is 0 Å². The van der Waals surface area contributed by atoms with E-state index >= 15 is 0 Å². The van der Waals surface area contributed by atoms with Crippen molar-refractivity contribution in [1.29, 1.82) is 0 Å². The largest absolute Gasteiger partial charge is 0.253 e. The molecule has 0 nitrogen and oxygen atoms in total. The molecule has 0 aliphatic heterocycles. The van der Waals surface area contributed by atoms with Gasteiger partial charge in [-0.1, -0.05) is 0 Å². The summed E-state index contributed by atoms with van der Waals surface area (Å²) in [4.78, 5) is 0. The maximum Gasteiger partial charge on any atom is 0.0796 e. The maximum absolute atomic E-state index is 10.9. The third kappa shape index (κ3) is 131. The highest BCUT2D eigenvalue weighted by atomic mass is 28.1.